The number of piperidine rings is 2. The molecule has 3 N–H and O–H groups in total. The normalized spacial score (nSPS) is 24.7. The van der Waals surface area contributed by atoms with Crippen LogP contribution < -0.4 is 30.5 Å². The van der Waals surface area contributed by atoms with Crippen molar-refractivity contribution in [3.63, 3.8) is 0 Å². The molecule has 10 heterocycles. The Labute approximate surface area is 352 Å². The third kappa shape index (κ3) is 7.08. The topological polar surface area (TPSA) is 115 Å². The number of imidazole rings is 2. The molecule has 0 aromatic carbocycles. The van der Waals surface area contributed by atoms with E-state index in [4.69, 9.17) is 24.7 Å². The van der Waals surface area contributed by atoms with E-state index in [9.17, 15) is 0 Å². The van der Waals surface area contributed by atoms with Gasteiger partial charge in [0.2, 0.25) is 0 Å². The van der Waals surface area contributed by atoms with Crippen molar-refractivity contribution in [3.05, 3.63) is 102 Å². The number of pyridine rings is 4. The van der Waals surface area contributed by atoms with E-state index < -0.39 is 0 Å². The smallest absolute Gasteiger partial charge is 0.141 e. The van der Waals surface area contributed by atoms with E-state index in [-0.39, 0.29) is 24.2 Å². The van der Waals surface area contributed by atoms with E-state index in [1.54, 1.807) is 7.11 Å². The summed E-state index contributed by atoms with van der Waals surface area (Å²) in [5, 5.41) is 11.7. The van der Waals surface area contributed by atoms with Gasteiger partial charge >= 0.3 is 0 Å². The number of ether oxygens (including phenoxy) is 1. The maximum absolute atomic E-state index is 5.70. The molecule has 0 amide bonds. The van der Waals surface area contributed by atoms with Crippen LogP contribution in [0.1, 0.15) is 104 Å². The lowest BCUT2D eigenvalue weighted by Crippen LogP contribution is -2.53. The second-order valence-corrected chi connectivity index (χ2v) is 18.1. The summed E-state index contributed by atoms with van der Waals surface area (Å²) >= 11 is 0. The van der Waals surface area contributed by atoms with Gasteiger partial charge in [0.05, 0.1) is 54.1 Å². The van der Waals surface area contributed by atoms with Crippen LogP contribution in [0.4, 0.5) is 11.6 Å². The number of fused-ring (bicyclic) bond motifs is 2. The third-order valence-corrected chi connectivity index (χ3v) is 14.1. The monoisotopic (exact) mass is 806 g/mol. The summed E-state index contributed by atoms with van der Waals surface area (Å²) in [5.74, 6) is 3.27. The summed E-state index contributed by atoms with van der Waals surface area (Å²) < 4.78 is 10.3. The average molecular weight is 807 g/mol. The number of rotatable bonds is 8. The van der Waals surface area contributed by atoms with Gasteiger partial charge < -0.3 is 35.4 Å². The molecule has 4 saturated heterocycles. The predicted molar refractivity (Wildman–Crippen MR) is 236 cm³/mol. The molecule has 0 unspecified atom stereocenters. The molecule has 5 fully saturated rings. The highest BCUT2D eigenvalue weighted by Crippen LogP contribution is 2.40. The molecule has 6 aromatic heterocycles. The number of aromatic nitrogens is 6. The number of nitrogens with zero attached hydrogens (tertiary/aromatic N) is 9. The fourth-order valence-electron chi connectivity index (χ4n) is 10.5. The Morgan fingerprint density at radius 1 is 0.700 bits per heavy atom. The van der Waals surface area contributed by atoms with Crippen molar-refractivity contribution in [3.8, 4) is 16.9 Å². The number of methoxy groups -OCH3 is 1. The summed E-state index contributed by atoms with van der Waals surface area (Å²) in [6.45, 7) is 9.36. The fraction of sp³-hybridized carbons (Fsp3) is 0.489. The van der Waals surface area contributed by atoms with E-state index in [0.29, 0.717) is 5.54 Å². The highest BCUT2D eigenvalue weighted by Gasteiger charge is 2.46. The van der Waals surface area contributed by atoms with Crippen molar-refractivity contribution >= 4 is 22.9 Å². The summed E-state index contributed by atoms with van der Waals surface area (Å²) in [4.78, 5) is 28.0. The molecule has 4 atom stereocenters. The summed E-state index contributed by atoms with van der Waals surface area (Å²) in [7, 11) is 3.94. The van der Waals surface area contributed by atoms with Gasteiger partial charge in [-0.3, -0.25) is 18.8 Å². The van der Waals surface area contributed by atoms with Crippen LogP contribution in [0.3, 0.4) is 0 Å². The Morgan fingerprint density at radius 3 is 2.15 bits per heavy atom. The zero-order valence-electron chi connectivity index (χ0n) is 35.3. The van der Waals surface area contributed by atoms with Gasteiger partial charge in [-0.2, -0.15) is 0 Å². The van der Waals surface area contributed by atoms with Crippen molar-refractivity contribution in [2.75, 3.05) is 69.8 Å². The Morgan fingerprint density at radius 2 is 1.42 bits per heavy atom. The molecule has 1 spiro atoms. The first kappa shape index (κ1) is 37.9. The molecule has 6 aromatic rings. The molecular weight excluding hydrogens is 749 g/mol. The van der Waals surface area contributed by atoms with Gasteiger partial charge in [0.1, 0.15) is 28.7 Å². The predicted octanol–water partition coefficient (Wildman–Crippen LogP) is 6.56. The number of hydrogen-bond acceptors (Lipinski definition) is 11. The highest BCUT2D eigenvalue weighted by molar-refractivity contribution is 5.73. The first-order chi connectivity index (χ1) is 29.4. The van der Waals surface area contributed by atoms with Crippen LogP contribution >= 0.6 is 0 Å². The zero-order chi connectivity index (χ0) is 40.4. The van der Waals surface area contributed by atoms with Crippen LogP contribution in [0.5, 0.6) is 5.75 Å². The Hall–Kier alpha value is -5.08. The molecule has 0 radical (unpaired) electrons. The van der Waals surface area contributed by atoms with E-state index >= 15 is 0 Å². The molecule has 0 bridgehead atoms. The standard InChI is InChI=1S/C47H58N12O/c1-31-24-33(27-49-45(31)36-10-4-8-34(51-36)38-28-58-41(53-38)13-6-14-43(58)57-19-18-50-47(30-57)15-16-47)32-25-42-54-39(29-59(42)44(26-32)56-22-20-55(2)21-23-56)35-9-5-11-37(52-35)46-40(60-3)12-7-17-48-46/h6-7,12-14,17,24-29,34-37,50-52H,4-5,8-11,15-16,18-23,30H2,1-3H3/t34-,35-,36+,37+/m1/s1. The maximum Gasteiger partial charge on any atom is 0.141 e. The lowest BCUT2D eigenvalue weighted by atomic mass is 9.92. The quantitative estimate of drug-likeness (QED) is 0.155. The van der Waals surface area contributed by atoms with Crippen molar-refractivity contribution < 1.29 is 4.74 Å². The van der Waals surface area contributed by atoms with Gasteiger partial charge in [0.15, 0.2) is 0 Å². The van der Waals surface area contributed by atoms with Gasteiger partial charge in [0.25, 0.3) is 0 Å². The number of hydrogen-bond donors (Lipinski definition) is 3. The third-order valence-electron chi connectivity index (χ3n) is 14.1. The molecule has 60 heavy (non-hydrogen) atoms. The summed E-state index contributed by atoms with van der Waals surface area (Å²) in [5.41, 5.74) is 10.1. The number of anilines is 2. The minimum absolute atomic E-state index is 0.114. The molecule has 1 saturated carbocycles. The van der Waals surface area contributed by atoms with Crippen LogP contribution in [0, 0.1) is 6.92 Å². The lowest BCUT2D eigenvalue weighted by Gasteiger charge is -2.35. The Balaban J connectivity index is 0.863. The molecule has 312 valence electrons. The molecule has 1 aliphatic carbocycles. The van der Waals surface area contributed by atoms with Crippen LogP contribution in [-0.4, -0.2) is 99.1 Å². The number of nitrogens with one attached hydrogen (secondary N) is 3. The van der Waals surface area contributed by atoms with Gasteiger partial charge in [-0.05, 0) is 119 Å². The van der Waals surface area contributed by atoms with Crippen molar-refractivity contribution in [1.29, 1.82) is 0 Å². The van der Waals surface area contributed by atoms with Gasteiger partial charge in [-0.25, -0.2) is 9.97 Å². The Bertz CT molecular complexity index is 2520. The van der Waals surface area contributed by atoms with Crippen LogP contribution in [0.25, 0.3) is 22.4 Å². The lowest BCUT2D eigenvalue weighted by molar-refractivity contribution is 0.309. The van der Waals surface area contributed by atoms with Crippen LogP contribution in [0.15, 0.2) is 73.3 Å². The highest BCUT2D eigenvalue weighted by atomic mass is 16.5. The van der Waals surface area contributed by atoms with Gasteiger partial charge in [-0.15, -0.1) is 0 Å². The second-order valence-electron chi connectivity index (χ2n) is 18.1. The zero-order valence-corrected chi connectivity index (χ0v) is 35.3. The van der Waals surface area contributed by atoms with Gasteiger partial charge in [0, 0.05) is 81.7 Å². The minimum Gasteiger partial charge on any atom is -0.495 e. The summed E-state index contributed by atoms with van der Waals surface area (Å²) in [6, 6.07) is 18.0. The molecule has 13 nitrogen and oxygen atoms in total. The molecular formula is C47H58N12O. The van der Waals surface area contributed by atoms with Crippen LogP contribution in [-0.2, 0) is 0 Å². The summed E-state index contributed by atoms with van der Waals surface area (Å²) in [6.07, 6.45) is 17.4. The van der Waals surface area contributed by atoms with Crippen LogP contribution in [0.2, 0.25) is 0 Å². The van der Waals surface area contributed by atoms with Gasteiger partial charge in [-0.1, -0.05) is 6.07 Å². The second kappa shape index (κ2) is 15.4. The minimum atomic E-state index is 0.114. The number of piperazine rings is 2. The molecule has 5 aliphatic rings. The SMILES string of the molecule is COc1cccnc1[C@@H]1CCC[C@H](c2cn3c(N4CCN(C)CC4)cc(-c4cnc([C@@H]5CCC[C@H](c6cn7c(N8CCNC9(CC9)C8)cccc7n6)N5)c(C)c4)cc3n2)N1. The average Bonchev–Trinajstić information content (AvgIpc) is 3.65. The van der Waals surface area contributed by atoms with E-state index in [1.165, 1.54) is 30.0 Å². The number of likely N-dealkylation sites (N-methyl/N-ethyl adjacent to an activating group) is 1. The molecule has 4 aliphatic heterocycles. The van der Waals surface area contributed by atoms with E-state index in [0.717, 1.165) is 135 Å². The first-order valence-electron chi connectivity index (χ1n) is 22.3. The first-order valence-corrected chi connectivity index (χ1v) is 22.3. The van der Waals surface area contributed by atoms with E-state index in [1.807, 2.05) is 18.3 Å². The number of aryl methyl sites for hydroxylation is 1. The van der Waals surface area contributed by atoms with E-state index in [2.05, 4.69) is 108 Å². The fourth-order valence-corrected chi connectivity index (χ4v) is 10.5. The van der Waals surface area contributed by atoms with Crippen molar-refractivity contribution in [1.82, 2.24) is 49.6 Å². The largest absolute Gasteiger partial charge is 0.495 e. The Kier molecular flexibility index (Phi) is 9.74. The van der Waals surface area contributed by atoms with Crippen molar-refractivity contribution in [2.24, 2.45) is 0 Å². The van der Waals surface area contributed by atoms with Crippen molar-refractivity contribution in [2.45, 2.75) is 88.0 Å². The molecule has 13 heteroatoms. The maximum atomic E-state index is 5.70. The molecule has 11 rings (SSSR count).